The van der Waals surface area contributed by atoms with Gasteiger partial charge in [0.15, 0.2) is 5.65 Å². The summed E-state index contributed by atoms with van der Waals surface area (Å²) >= 11 is 0. The van der Waals surface area contributed by atoms with Crippen LogP contribution < -0.4 is 4.74 Å². The average molecular weight is 497 g/mol. The van der Waals surface area contributed by atoms with Crippen molar-refractivity contribution in [3.8, 4) is 5.75 Å². The Kier molecular flexibility index (Phi) is 5.17. The molecule has 0 fully saturated rings. The van der Waals surface area contributed by atoms with Crippen LogP contribution >= 0.6 is 0 Å². The van der Waals surface area contributed by atoms with Gasteiger partial charge in [-0.15, -0.1) is 0 Å². The molecule has 2 aromatic heterocycles. The third-order valence-electron chi connectivity index (χ3n) is 7.46. The fourth-order valence-electron chi connectivity index (χ4n) is 5.64. The van der Waals surface area contributed by atoms with Crippen molar-refractivity contribution >= 4 is 17.1 Å². The number of carbonyl (C=O) groups is 1. The lowest BCUT2D eigenvalue weighted by atomic mass is 9.89. The van der Waals surface area contributed by atoms with Gasteiger partial charge in [-0.2, -0.15) is 13.9 Å². The Morgan fingerprint density at radius 1 is 1.25 bits per heavy atom. The minimum atomic E-state index is -3.01. The fourth-order valence-corrected chi connectivity index (χ4v) is 5.64. The lowest BCUT2D eigenvalue weighted by molar-refractivity contribution is -0.0805. The Morgan fingerprint density at radius 3 is 2.75 bits per heavy atom. The summed E-state index contributed by atoms with van der Waals surface area (Å²) in [6.45, 7) is 0.751. The predicted octanol–water partition coefficient (Wildman–Crippen LogP) is 3.94. The molecule has 8 nitrogen and oxygen atoms in total. The first-order valence-corrected chi connectivity index (χ1v) is 11.9. The number of carbonyl (C=O) groups excluding carboxylic acids is 1. The summed E-state index contributed by atoms with van der Waals surface area (Å²) in [4.78, 5) is 19.8. The molecule has 1 N–H and O–H groups in total. The van der Waals surface area contributed by atoms with Crippen LogP contribution in [-0.2, 0) is 4.74 Å². The Morgan fingerprint density at radius 2 is 2.06 bits per heavy atom. The highest BCUT2D eigenvalue weighted by Crippen LogP contribution is 2.53. The van der Waals surface area contributed by atoms with Gasteiger partial charge < -0.3 is 19.5 Å². The van der Waals surface area contributed by atoms with Crippen LogP contribution in [0.25, 0.3) is 11.2 Å². The number of hydrogen-bond donors (Lipinski definition) is 1. The maximum Gasteiger partial charge on any atom is 0.387 e. The summed E-state index contributed by atoms with van der Waals surface area (Å²) < 4.78 is 39.0. The zero-order valence-electron chi connectivity index (χ0n) is 20.1. The Labute approximate surface area is 206 Å². The van der Waals surface area contributed by atoms with Crippen LogP contribution in [0.15, 0.2) is 36.5 Å². The molecule has 1 aliphatic carbocycles. The summed E-state index contributed by atoms with van der Waals surface area (Å²) in [5.41, 5.74) is 3.63. The Hall–Kier alpha value is -3.37. The van der Waals surface area contributed by atoms with Crippen molar-refractivity contribution in [2.24, 2.45) is 0 Å². The van der Waals surface area contributed by atoms with E-state index in [-0.39, 0.29) is 29.7 Å². The van der Waals surface area contributed by atoms with Gasteiger partial charge in [0.25, 0.3) is 5.91 Å². The molecule has 10 heteroatoms. The van der Waals surface area contributed by atoms with Gasteiger partial charge in [0, 0.05) is 35.9 Å². The van der Waals surface area contributed by atoms with Crippen LogP contribution in [0.4, 0.5) is 8.78 Å². The van der Waals surface area contributed by atoms with Gasteiger partial charge in [-0.1, -0.05) is 12.1 Å². The first-order chi connectivity index (χ1) is 17.1. The molecule has 1 aromatic carbocycles. The molecule has 3 aromatic rings. The van der Waals surface area contributed by atoms with E-state index in [2.05, 4.69) is 0 Å². The van der Waals surface area contributed by atoms with Crippen molar-refractivity contribution in [3.63, 3.8) is 0 Å². The number of nitrogens with zero attached hydrogens (tertiary/aromatic N) is 4. The standard InChI is InChI=1S/C26H26F2N4O4/c1-26(2,34)19-8-7-13(12-35-19)16-9-10-32-23(29-16)21-15-11-17(22(21)30-32)31(3)24(33)14-5-4-6-18(20(14)15)36-25(27)28/h4-7,9-10,15,17,19,25,34H,8,11-12H2,1-3H3. The van der Waals surface area contributed by atoms with E-state index < -0.39 is 12.2 Å². The molecule has 0 radical (unpaired) electrons. The summed E-state index contributed by atoms with van der Waals surface area (Å²) in [6, 6.07) is 6.24. The zero-order chi connectivity index (χ0) is 25.4. The van der Waals surface area contributed by atoms with Crippen molar-refractivity contribution < 1.29 is 28.2 Å². The fraction of sp³-hybridized carbons (Fsp3) is 0.423. The molecule has 0 saturated heterocycles. The van der Waals surface area contributed by atoms with Gasteiger partial charge in [0.05, 0.1) is 35.7 Å². The van der Waals surface area contributed by atoms with Gasteiger partial charge in [-0.05, 0) is 50.5 Å². The number of ether oxygens (including phenoxy) is 2. The lowest BCUT2D eigenvalue weighted by Gasteiger charge is -2.31. The van der Waals surface area contributed by atoms with Gasteiger partial charge >= 0.3 is 6.61 Å². The predicted molar refractivity (Wildman–Crippen MR) is 126 cm³/mol. The van der Waals surface area contributed by atoms with E-state index in [1.54, 1.807) is 42.4 Å². The average Bonchev–Trinajstić information content (AvgIpc) is 3.36. The summed E-state index contributed by atoms with van der Waals surface area (Å²) in [5, 5.41) is 15.0. The van der Waals surface area contributed by atoms with Gasteiger partial charge in [-0.3, -0.25) is 4.79 Å². The molecule has 0 saturated carbocycles. The van der Waals surface area contributed by atoms with E-state index in [9.17, 15) is 18.7 Å². The van der Waals surface area contributed by atoms with Crippen molar-refractivity contribution in [1.82, 2.24) is 19.5 Å². The third kappa shape index (κ3) is 3.50. The van der Waals surface area contributed by atoms with Crippen molar-refractivity contribution in [2.45, 2.75) is 57.0 Å². The maximum atomic E-state index is 13.3. The highest BCUT2D eigenvalue weighted by molar-refractivity contribution is 5.98. The molecule has 4 heterocycles. The van der Waals surface area contributed by atoms with Crippen molar-refractivity contribution in [1.29, 1.82) is 0 Å². The van der Waals surface area contributed by atoms with E-state index >= 15 is 0 Å². The highest BCUT2D eigenvalue weighted by Gasteiger charge is 2.46. The first kappa shape index (κ1) is 23.1. The minimum absolute atomic E-state index is 0.000645. The summed E-state index contributed by atoms with van der Waals surface area (Å²) in [5.74, 6) is -0.626. The Bertz CT molecular complexity index is 1410. The van der Waals surface area contributed by atoms with Crippen molar-refractivity contribution in [2.75, 3.05) is 13.7 Å². The SMILES string of the molecule is CN1C(=O)c2cccc(OC(F)F)c2C2CC1c1nn3ccc(C4=CCC(C(C)(C)O)OC4)nc3c12. The molecule has 3 atom stereocenters. The molecule has 188 valence electrons. The van der Waals surface area contributed by atoms with E-state index in [1.807, 2.05) is 18.3 Å². The van der Waals surface area contributed by atoms with E-state index in [0.29, 0.717) is 41.9 Å². The number of benzene rings is 1. The molecule has 36 heavy (non-hydrogen) atoms. The quantitative estimate of drug-likeness (QED) is 0.589. The Balaban J connectivity index is 1.48. The van der Waals surface area contributed by atoms with Gasteiger partial charge in [-0.25, -0.2) is 9.50 Å². The van der Waals surface area contributed by atoms with Crippen LogP contribution in [0.3, 0.4) is 0 Å². The monoisotopic (exact) mass is 496 g/mol. The van der Waals surface area contributed by atoms with Gasteiger partial charge in [0.2, 0.25) is 0 Å². The second-order valence-electron chi connectivity index (χ2n) is 10.1. The molecule has 3 unspecified atom stereocenters. The summed E-state index contributed by atoms with van der Waals surface area (Å²) in [7, 11) is 1.71. The van der Waals surface area contributed by atoms with Crippen LogP contribution in [-0.4, -0.2) is 62.5 Å². The lowest BCUT2D eigenvalue weighted by Crippen LogP contribution is -2.39. The smallest absolute Gasteiger partial charge is 0.387 e. The third-order valence-corrected chi connectivity index (χ3v) is 7.46. The normalized spacial score (nSPS) is 23.5. The molecule has 6 rings (SSSR count). The van der Waals surface area contributed by atoms with E-state index in [1.165, 1.54) is 6.07 Å². The van der Waals surface area contributed by atoms with Crippen LogP contribution in [0, 0.1) is 0 Å². The topological polar surface area (TPSA) is 89.2 Å². The number of alkyl halides is 2. The van der Waals surface area contributed by atoms with Crippen LogP contribution in [0.1, 0.15) is 71.5 Å². The molecular formula is C26H26F2N4O4. The summed E-state index contributed by atoms with van der Waals surface area (Å²) in [6.07, 6.45) is 4.61. The molecule has 1 amide bonds. The number of rotatable bonds is 4. The van der Waals surface area contributed by atoms with E-state index in [4.69, 9.17) is 19.6 Å². The molecule has 0 spiro atoms. The van der Waals surface area contributed by atoms with Crippen molar-refractivity contribution in [3.05, 3.63) is 64.6 Å². The molecule has 2 aliphatic heterocycles. The largest absolute Gasteiger partial charge is 0.434 e. The molecular weight excluding hydrogens is 470 g/mol. The second-order valence-corrected chi connectivity index (χ2v) is 10.1. The minimum Gasteiger partial charge on any atom is -0.434 e. The van der Waals surface area contributed by atoms with E-state index in [0.717, 1.165) is 16.8 Å². The number of hydrogen-bond acceptors (Lipinski definition) is 6. The van der Waals surface area contributed by atoms with Crippen LogP contribution in [0.5, 0.6) is 5.75 Å². The number of aromatic nitrogens is 3. The van der Waals surface area contributed by atoms with Crippen LogP contribution in [0.2, 0.25) is 0 Å². The molecule has 2 bridgehead atoms. The number of fused-ring (bicyclic) bond motifs is 9. The van der Waals surface area contributed by atoms with Gasteiger partial charge in [0.1, 0.15) is 5.75 Å². The molecule has 3 aliphatic rings. The number of amides is 1. The number of aliphatic hydroxyl groups is 1. The second kappa shape index (κ2) is 8.07. The zero-order valence-corrected chi connectivity index (χ0v) is 20.1. The number of halogens is 2. The maximum absolute atomic E-state index is 13.3. The first-order valence-electron chi connectivity index (χ1n) is 11.9. The highest BCUT2D eigenvalue weighted by atomic mass is 19.3.